The average molecular weight is 542 g/mol. The number of benzene rings is 2. The molecule has 0 saturated carbocycles. The van der Waals surface area contributed by atoms with E-state index >= 15 is 0 Å². The van der Waals surface area contributed by atoms with Gasteiger partial charge in [-0.05, 0) is 38.8 Å². The van der Waals surface area contributed by atoms with Gasteiger partial charge >= 0.3 is 12.1 Å². The maximum absolute atomic E-state index is 13.6. The second-order valence-corrected chi connectivity index (χ2v) is 10.8. The van der Waals surface area contributed by atoms with Crippen LogP contribution in [-0.2, 0) is 51.0 Å². The minimum Gasteiger partial charge on any atom is -0.455 e. The molecule has 0 spiro atoms. The molecular formula is C29H35NO9. The number of amides is 1. The Morgan fingerprint density at radius 1 is 0.897 bits per heavy atom. The molecule has 39 heavy (non-hydrogen) atoms. The first-order valence-electron chi connectivity index (χ1n) is 13.1. The lowest BCUT2D eigenvalue weighted by atomic mass is 10.0. The van der Waals surface area contributed by atoms with Crippen LogP contribution in [0.1, 0.15) is 38.8 Å². The molecule has 2 aromatic rings. The second kappa shape index (κ2) is 11.2. The third kappa shape index (κ3) is 6.77. The van der Waals surface area contributed by atoms with Crippen molar-refractivity contribution in [3.8, 4) is 0 Å². The summed E-state index contributed by atoms with van der Waals surface area (Å²) in [7, 11) is 0. The number of hydrogen-bond acceptors (Lipinski definition) is 9. The maximum atomic E-state index is 13.6. The zero-order valence-electron chi connectivity index (χ0n) is 22.5. The Hall–Kier alpha value is -3.02. The summed E-state index contributed by atoms with van der Waals surface area (Å²) in [6, 6.07) is 17.6. The van der Waals surface area contributed by atoms with E-state index in [1.165, 1.54) is 0 Å². The van der Waals surface area contributed by atoms with E-state index in [0.717, 1.165) is 11.1 Å². The van der Waals surface area contributed by atoms with Gasteiger partial charge in [0.1, 0.15) is 24.9 Å². The van der Waals surface area contributed by atoms with Gasteiger partial charge < -0.3 is 38.5 Å². The number of carbonyl (C=O) groups is 2. The summed E-state index contributed by atoms with van der Waals surface area (Å²) in [5.74, 6) is -2.37. The predicted molar refractivity (Wildman–Crippen MR) is 137 cm³/mol. The van der Waals surface area contributed by atoms with Gasteiger partial charge in [0.15, 0.2) is 30.1 Å². The van der Waals surface area contributed by atoms with Gasteiger partial charge in [-0.2, -0.15) is 0 Å². The molecule has 10 heteroatoms. The van der Waals surface area contributed by atoms with Crippen LogP contribution in [0.2, 0.25) is 0 Å². The number of esters is 1. The molecule has 210 valence electrons. The lowest BCUT2D eigenvalue weighted by Crippen LogP contribution is -2.50. The van der Waals surface area contributed by atoms with Gasteiger partial charge in [-0.15, -0.1) is 0 Å². The molecule has 0 radical (unpaired) electrons. The first-order chi connectivity index (χ1) is 18.6. The number of hydrogen-bond donors (Lipinski definition) is 1. The number of carbonyl (C=O) groups excluding carboxylic acids is 2. The van der Waals surface area contributed by atoms with Crippen LogP contribution in [0.5, 0.6) is 0 Å². The van der Waals surface area contributed by atoms with E-state index in [1.54, 1.807) is 27.7 Å². The minimum absolute atomic E-state index is 0.0666. The summed E-state index contributed by atoms with van der Waals surface area (Å²) in [5.41, 5.74) is 1.67. The van der Waals surface area contributed by atoms with E-state index in [4.69, 9.17) is 33.2 Å². The fourth-order valence-electron chi connectivity index (χ4n) is 4.98. The quantitative estimate of drug-likeness (QED) is 0.502. The van der Waals surface area contributed by atoms with Crippen LogP contribution < -0.4 is 5.32 Å². The van der Waals surface area contributed by atoms with Gasteiger partial charge in [0.2, 0.25) is 0 Å². The van der Waals surface area contributed by atoms with Gasteiger partial charge in [0.25, 0.3) is 0 Å². The summed E-state index contributed by atoms with van der Waals surface area (Å²) in [6.45, 7) is 7.47. The molecule has 1 amide bonds. The van der Waals surface area contributed by atoms with E-state index in [0.29, 0.717) is 0 Å². The normalized spacial score (nSPS) is 29.4. The lowest BCUT2D eigenvalue weighted by molar-refractivity contribution is -0.235. The molecule has 3 saturated heterocycles. The smallest absolute Gasteiger partial charge is 0.408 e. The average Bonchev–Trinajstić information content (AvgIpc) is 3.52. The van der Waals surface area contributed by atoms with Crippen molar-refractivity contribution in [3.63, 3.8) is 0 Å². The van der Waals surface area contributed by atoms with Crippen molar-refractivity contribution >= 4 is 12.1 Å². The molecule has 0 aliphatic carbocycles. The highest BCUT2D eigenvalue weighted by Gasteiger charge is 2.60. The molecule has 3 aliphatic heterocycles. The van der Waals surface area contributed by atoms with E-state index in [-0.39, 0.29) is 19.6 Å². The lowest BCUT2D eigenvalue weighted by Gasteiger charge is -2.30. The molecule has 5 rings (SSSR count). The third-order valence-electron chi connectivity index (χ3n) is 6.75. The Balaban J connectivity index is 1.31. The van der Waals surface area contributed by atoms with Crippen molar-refractivity contribution in [2.24, 2.45) is 0 Å². The van der Waals surface area contributed by atoms with Crippen LogP contribution in [0.15, 0.2) is 60.7 Å². The zero-order valence-corrected chi connectivity index (χ0v) is 22.5. The maximum Gasteiger partial charge on any atom is 0.408 e. The number of nitrogens with one attached hydrogen (secondary N) is 1. The van der Waals surface area contributed by atoms with E-state index in [1.807, 2.05) is 60.7 Å². The Morgan fingerprint density at radius 3 is 2.21 bits per heavy atom. The molecule has 0 aromatic heterocycles. The molecule has 0 bridgehead atoms. The SMILES string of the molecule is CC1(C)O[C@H]2O[C@H]([C@@H]3COC(C)(C)O3)[C@@H](OC(=O)[C@@H](Cc3ccccc3)NC(=O)OCc3ccccc3)[C@@H]2O1. The minimum atomic E-state index is -1.03. The van der Waals surface area contributed by atoms with E-state index < -0.39 is 60.4 Å². The zero-order chi connectivity index (χ0) is 27.6. The number of ether oxygens (including phenoxy) is 7. The van der Waals surface area contributed by atoms with Crippen molar-refractivity contribution in [1.82, 2.24) is 5.32 Å². The summed E-state index contributed by atoms with van der Waals surface area (Å²) in [4.78, 5) is 26.4. The van der Waals surface area contributed by atoms with Crippen molar-refractivity contribution in [2.45, 2.75) is 89.0 Å². The fraction of sp³-hybridized carbons (Fsp3) is 0.517. The summed E-state index contributed by atoms with van der Waals surface area (Å²) in [5, 5.41) is 2.68. The van der Waals surface area contributed by atoms with Gasteiger partial charge in [0.05, 0.1) is 6.61 Å². The van der Waals surface area contributed by atoms with Crippen LogP contribution in [0.25, 0.3) is 0 Å². The van der Waals surface area contributed by atoms with E-state index in [9.17, 15) is 9.59 Å². The first-order valence-corrected chi connectivity index (χ1v) is 13.1. The Morgan fingerprint density at radius 2 is 1.56 bits per heavy atom. The highest BCUT2D eigenvalue weighted by molar-refractivity contribution is 5.82. The first kappa shape index (κ1) is 27.5. The number of fused-ring (bicyclic) bond motifs is 1. The van der Waals surface area contributed by atoms with Gasteiger partial charge in [0, 0.05) is 6.42 Å². The molecular weight excluding hydrogens is 506 g/mol. The van der Waals surface area contributed by atoms with Crippen LogP contribution in [0, 0.1) is 0 Å². The Kier molecular flexibility index (Phi) is 7.93. The van der Waals surface area contributed by atoms with Crippen molar-refractivity contribution in [2.75, 3.05) is 6.61 Å². The van der Waals surface area contributed by atoms with Gasteiger partial charge in [-0.1, -0.05) is 60.7 Å². The summed E-state index contributed by atoms with van der Waals surface area (Å²) < 4.78 is 41.3. The van der Waals surface area contributed by atoms with Gasteiger partial charge in [-0.25, -0.2) is 9.59 Å². The predicted octanol–water partition coefficient (Wildman–Crippen LogP) is 3.46. The molecule has 2 aromatic carbocycles. The Labute approximate surface area is 227 Å². The topological polar surface area (TPSA) is 111 Å². The molecule has 10 nitrogen and oxygen atoms in total. The van der Waals surface area contributed by atoms with Crippen molar-refractivity contribution in [3.05, 3.63) is 71.8 Å². The van der Waals surface area contributed by atoms with Gasteiger partial charge in [-0.3, -0.25) is 0 Å². The summed E-state index contributed by atoms with van der Waals surface area (Å²) in [6.07, 6.45) is -4.00. The molecule has 3 heterocycles. The fourth-order valence-corrected chi connectivity index (χ4v) is 4.98. The highest BCUT2D eigenvalue weighted by atomic mass is 16.8. The monoisotopic (exact) mass is 541 g/mol. The molecule has 6 atom stereocenters. The molecule has 3 aliphatic rings. The molecule has 0 unspecified atom stereocenters. The van der Waals surface area contributed by atoms with E-state index in [2.05, 4.69) is 5.32 Å². The van der Waals surface area contributed by atoms with Crippen LogP contribution in [0.3, 0.4) is 0 Å². The van der Waals surface area contributed by atoms with Crippen molar-refractivity contribution in [1.29, 1.82) is 0 Å². The Bertz CT molecular complexity index is 1140. The summed E-state index contributed by atoms with van der Waals surface area (Å²) >= 11 is 0. The van der Waals surface area contributed by atoms with Crippen LogP contribution in [-0.4, -0.2) is 67.0 Å². The van der Waals surface area contributed by atoms with Crippen LogP contribution >= 0.6 is 0 Å². The van der Waals surface area contributed by atoms with Crippen molar-refractivity contribution < 1.29 is 42.7 Å². The number of rotatable bonds is 8. The number of alkyl carbamates (subject to hydrolysis) is 1. The second-order valence-electron chi connectivity index (χ2n) is 10.8. The largest absolute Gasteiger partial charge is 0.455 e. The highest BCUT2D eigenvalue weighted by Crippen LogP contribution is 2.42. The molecule has 1 N–H and O–H groups in total. The standard InChI is InChI=1S/C29H35NO9/c1-28(2)34-17-21(37-28)22-23(24-26(36-22)39-29(3,4)38-24)35-25(31)20(15-18-11-7-5-8-12-18)30-27(32)33-16-19-13-9-6-10-14-19/h5-14,20-24,26H,15-17H2,1-4H3,(H,30,32)/t20-,21+,22-,23-,24+,26-/m1/s1. The third-order valence-corrected chi connectivity index (χ3v) is 6.75. The van der Waals surface area contributed by atoms with Crippen LogP contribution in [0.4, 0.5) is 4.79 Å². The molecule has 3 fully saturated rings.